The SMILES string of the molecule is Cc1nn(C)c(Sc2n[nH]c(=O)n2C(C)C)c1C#N. The fourth-order valence-corrected chi connectivity index (χ4v) is 2.91. The smallest absolute Gasteiger partial charge is 0.267 e. The first kappa shape index (κ1) is 13.4. The minimum absolute atomic E-state index is 0.00592. The third-order valence-electron chi connectivity index (χ3n) is 2.66. The molecule has 0 aliphatic carbocycles. The number of nitrogens with zero attached hydrogens (tertiary/aromatic N) is 5. The van der Waals surface area contributed by atoms with E-state index >= 15 is 0 Å². The first-order chi connectivity index (χ1) is 8.95. The first-order valence-corrected chi connectivity index (χ1v) is 6.55. The molecule has 19 heavy (non-hydrogen) atoms. The standard InChI is InChI=1S/C11H14N6OS/c1-6(2)17-10(18)13-14-11(17)19-9-8(5-12)7(3)15-16(9)4/h6H,1-4H3,(H,13,18). The van der Waals surface area contributed by atoms with Crippen molar-refractivity contribution in [2.75, 3.05) is 0 Å². The Hall–Kier alpha value is -2.01. The lowest BCUT2D eigenvalue weighted by atomic mass is 10.3. The molecule has 0 atom stereocenters. The highest BCUT2D eigenvalue weighted by Gasteiger charge is 2.19. The molecule has 2 rings (SSSR count). The van der Waals surface area contributed by atoms with Crippen LogP contribution >= 0.6 is 11.8 Å². The summed E-state index contributed by atoms with van der Waals surface area (Å²) in [7, 11) is 1.76. The Kier molecular flexibility index (Phi) is 3.48. The summed E-state index contributed by atoms with van der Waals surface area (Å²) in [5.74, 6) is 0. The largest absolute Gasteiger partial charge is 0.344 e. The Labute approximate surface area is 114 Å². The van der Waals surface area contributed by atoms with E-state index < -0.39 is 0 Å². The van der Waals surface area contributed by atoms with Gasteiger partial charge in [-0.15, -0.1) is 5.10 Å². The molecule has 8 heteroatoms. The highest BCUT2D eigenvalue weighted by atomic mass is 32.2. The van der Waals surface area contributed by atoms with Gasteiger partial charge < -0.3 is 0 Å². The molecule has 0 saturated carbocycles. The molecular formula is C11H14N6OS. The van der Waals surface area contributed by atoms with Gasteiger partial charge in [0.1, 0.15) is 16.7 Å². The van der Waals surface area contributed by atoms with Crippen molar-refractivity contribution in [1.82, 2.24) is 24.5 Å². The monoisotopic (exact) mass is 278 g/mol. The van der Waals surface area contributed by atoms with Gasteiger partial charge in [-0.25, -0.2) is 9.89 Å². The van der Waals surface area contributed by atoms with Crippen LogP contribution in [0.25, 0.3) is 0 Å². The van der Waals surface area contributed by atoms with Gasteiger partial charge in [0.2, 0.25) is 0 Å². The summed E-state index contributed by atoms with van der Waals surface area (Å²) in [4.78, 5) is 11.7. The lowest BCUT2D eigenvalue weighted by molar-refractivity contribution is 0.533. The zero-order chi connectivity index (χ0) is 14.2. The fourth-order valence-electron chi connectivity index (χ4n) is 1.79. The molecular weight excluding hydrogens is 264 g/mol. The van der Waals surface area contributed by atoms with Crippen LogP contribution in [0.3, 0.4) is 0 Å². The summed E-state index contributed by atoms with van der Waals surface area (Å²) < 4.78 is 3.18. The third-order valence-corrected chi connectivity index (χ3v) is 3.79. The zero-order valence-electron chi connectivity index (χ0n) is 11.1. The molecule has 100 valence electrons. The van der Waals surface area contributed by atoms with Crippen LogP contribution in [-0.4, -0.2) is 24.5 Å². The van der Waals surface area contributed by atoms with Gasteiger partial charge in [-0.1, -0.05) is 0 Å². The van der Waals surface area contributed by atoms with E-state index in [1.54, 1.807) is 23.2 Å². The van der Waals surface area contributed by atoms with Crippen molar-refractivity contribution in [1.29, 1.82) is 5.26 Å². The molecule has 0 radical (unpaired) electrons. The van der Waals surface area contributed by atoms with Gasteiger partial charge in [-0.05, 0) is 32.5 Å². The van der Waals surface area contributed by atoms with Crippen LogP contribution in [0.5, 0.6) is 0 Å². The number of nitriles is 1. The van der Waals surface area contributed by atoms with Gasteiger partial charge in [-0.3, -0.25) is 9.25 Å². The lowest BCUT2D eigenvalue weighted by Gasteiger charge is -2.08. The van der Waals surface area contributed by atoms with E-state index in [4.69, 9.17) is 5.26 Å². The molecule has 2 heterocycles. The van der Waals surface area contributed by atoms with Crippen LogP contribution < -0.4 is 5.69 Å². The Morgan fingerprint density at radius 1 is 1.47 bits per heavy atom. The molecule has 7 nitrogen and oxygen atoms in total. The maximum atomic E-state index is 11.7. The molecule has 2 aromatic heterocycles. The first-order valence-electron chi connectivity index (χ1n) is 5.74. The van der Waals surface area contributed by atoms with Gasteiger partial charge >= 0.3 is 5.69 Å². The highest BCUT2D eigenvalue weighted by Crippen LogP contribution is 2.30. The van der Waals surface area contributed by atoms with Crippen molar-refractivity contribution < 1.29 is 0 Å². The Balaban J connectivity index is 2.49. The van der Waals surface area contributed by atoms with Gasteiger partial charge in [0.05, 0.1) is 5.69 Å². The summed E-state index contributed by atoms with van der Waals surface area (Å²) in [6, 6.07) is 2.12. The minimum atomic E-state index is -0.255. The summed E-state index contributed by atoms with van der Waals surface area (Å²) in [6.07, 6.45) is 0. The van der Waals surface area contributed by atoms with Crippen LogP contribution in [0.15, 0.2) is 15.0 Å². The fraction of sp³-hybridized carbons (Fsp3) is 0.455. The van der Waals surface area contributed by atoms with E-state index in [2.05, 4.69) is 21.4 Å². The van der Waals surface area contributed by atoms with Gasteiger partial charge in [0, 0.05) is 13.1 Å². The molecule has 0 fully saturated rings. The number of hydrogen-bond acceptors (Lipinski definition) is 5. The van der Waals surface area contributed by atoms with E-state index in [9.17, 15) is 4.79 Å². The summed E-state index contributed by atoms with van der Waals surface area (Å²) in [5.41, 5.74) is 0.926. The van der Waals surface area contributed by atoms with Gasteiger partial charge in [0.25, 0.3) is 0 Å². The number of H-pyrrole nitrogens is 1. The maximum Gasteiger partial charge on any atom is 0.344 e. The van der Waals surface area contributed by atoms with Crippen molar-refractivity contribution in [3.8, 4) is 6.07 Å². The predicted octanol–water partition coefficient (Wildman–Crippen LogP) is 1.22. The molecule has 2 aromatic rings. The molecule has 0 aliphatic heterocycles. The normalized spacial score (nSPS) is 10.9. The molecule has 0 saturated heterocycles. The lowest BCUT2D eigenvalue weighted by Crippen LogP contribution is -2.19. The number of aromatic amines is 1. The molecule has 0 aromatic carbocycles. The van der Waals surface area contributed by atoms with Crippen molar-refractivity contribution >= 4 is 11.8 Å². The van der Waals surface area contributed by atoms with Crippen LogP contribution in [0.2, 0.25) is 0 Å². The van der Waals surface area contributed by atoms with Gasteiger partial charge in [-0.2, -0.15) is 10.4 Å². The number of aryl methyl sites for hydroxylation is 2. The number of rotatable bonds is 3. The topological polar surface area (TPSA) is 92.3 Å². The number of hydrogen-bond donors (Lipinski definition) is 1. The Morgan fingerprint density at radius 3 is 2.74 bits per heavy atom. The second-order valence-corrected chi connectivity index (χ2v) is 5.33. The average molecular weight is 278 g/mol. The van der Waals surface area contributed by atoms with E-state index in [1.807, 2.05) is 13.8 Å². The summed E-state index contributed by atoms with van der Waals surface area (Å²) in [6.45, 7) is 5.59. The Bertz CT molecular complexity index is 702. The highest BCUT2D eigenvalue weighted by molar-refractivity contribution is 7.99. The van der Waals surface area contributed by atoms with E-state index in [0.29, 0.717) is 21.4 Å². The molecule has 0 amide bonds. The number of nitrogens with one attached hydrogen (secondary N) is 1. The molecule has 0 unspecified atom stereocenters. The maximum absolute atomic E-state index is 11.7. The van der Waals surface area contributed by atoms with E-state index in [1.165, 1.54) is 11.8 Å². The average Bonchev–Trinajstić information content (AvgIpc) is 2.81. The quantitative estimate of drug-likeness (QED) is 0.911. The van der Waals surface area contributed by atoms with Crippen molar-refractivity contribution in [2.24, 2.45) is 7.05 Å². The zero-order valence-corrected chi connectivity index (χ0v) is 11.9. The van der Waals surface area contributed by atoms with Crippen LogP contribution in [-0.2, 0) is 7.05 Å². The van der Waals surface area contributed by atoms with Crippen LogP contribution in [0.1, 0.15) is 31.1 Å². The summed E-state index contributed by atoms with van der Waals surface area (Å²) in [5, 5.41) is 21.0. The molecule has 0 aliphatic rings. The third kappa shape index (κ3) is 2.29. The predicted molar refractivity (Wildman–Crippen MR) is 70.0 cm³/mol. The minimum Gasteiger partial charge on any atom is -0.267 e. The summed E-state index contributed by atoms with van der Waals surface area (Å²) >= 11 is 1.26. The second kappa shape index (κ2) is 4.93. The van der Waals surface area contributed by atoms with Crippen molar-refractivity contribution in [2.45, 2.75) is 37.0 Å². The van der Waals surface area contributed by atoms with E-state index in [-0.39, 0.29) is 11.7 Å². The number of aromatic nitrogens is 5. The van der Waals surface area contributed by atoms with E-state index in [0.717, 1.165) is 0 Å². The van der Waals surface area contributed by atoms with Crippen molar-refractivity contribution in [3.63, 3.8) is 0 Å². The second-order valence-electron chi connectivity index (χ2n) is 4.38. The molecule has 0 bridgehead atoms. The molecule has 0 spiro atoms. The van der Waals surface area contributed by atoms with Gasteiger partial charge in [0.15, 0.2) is 5.16 Å². The van der Waals surface area contributed by atoms with Crippen molar-refractivity contribution in [3.05, 3.63) is 21.7 Å². The van der Waals surface area contributed by atoms with Crippen LogP contribution in [0.4, 0.5) is 0 Å². The Morgan fingerprint density at radius 2 is 2.16 bits per heavy atom. The molecule has 1 N–H and O–H groups in total. The van der Waals surface area contributed by atoms with Crippen LogP contribution in [0, 0.1) is 18.3 Å².